The summed E-state index contributed by atoms with van der Waals surface area (Å²) in [7, 11) is 0. The van der Waals surface area contributed by atoms with Gasteiger partial charge in [-0.25, -0.2) is 4.79 Å². The van der Waals surface area contributed by atoms with E-state index in [9.17, 15) is 9.59 Å². The molecule has 3 aromatic rings. The molecule has 0 aromatic heterocycles. The maximum atomic E-state index is 12.6. The minimum absolute atomic E-state index is 0.163. The van der Waals surface area contributed by atoms with Crippen LogP contribution in [0.4, 0.5) is 0 Å². The minimum Gasteiger partial charge on any atom is -0.494 e. The Morgan fingerprint density at radius 1 is 0.778 bits per heavy atom. The van der Waals surface area contributed by atoms with E-state index in [1.165, 1.54) is 25.7 Å². The van der Waals surface area contributed by atoms with Crippen LogP contribution >= 0.6 is 11.8 Å². The number of ether oxygens (including phenoxy) is 3. The number of unbranched alkanes of at least 4 members (excludes halogenated alkanes) is 4. The topological polar surface area (TPSA) is 61.8 Å². The quantitative estimate of drug-likeness (QED) is 0.126. The maximum Gasteiger partial charge on any atom is 0.343 e. The van der Waals surface area contributed by atoms with Crippen molar-refractivity contribution >= 4 is 34.5 Å². The average molecular weight is 509 g/mol. The molecule has 0 bridgehead atoms. The summed E-state index contributed by atoms with van der Waals surface area (Å²) in [5.74, 6) is 2.61. The monoisotopic (exact) mass is 508 g/mol. The van der Waals surface area contributed by atoms with E-state index in [1.54, 1.807) is 54.2 Å². The second-order valence-electron chi connectivity index (χ2n) is 8.83. The lowest BCUT2D eigenvalue weighted by atomic mass is 10.1. The zero-order chi connectivity index (χ0) is 25.8. The van der Waals surface area contributed by atoms with Crippen molar-refractivity contribution < 1.29 is 23.8 Å². The Morgan fingerprint density at radius 2 is 1.39 bits per heavy atom. The van der Waals surface area contributed by atoms with Gasteiger partial charge in [0.25, 0.3) is 0 Å². The number of fused-ring (bicyclic) bond motifs is 1. The molecule has 0 unspecified atom stereocenters. The fourth-order valence-electron chi connectivity index (χ4n) is 3.66. The molecule has 3 aromatic carbocycles. The normalized spacial score (nSPS) is 11.8. The molecule has 0 aliphatic heterocycles. The van der Waals surface area contributed by atoms with Gasteiger partial charge in [0, 0.05) is 5.75 Å². The number of esters is 2. The molecule has 0 spiro atoms. The third kappa shape index (κ3) is 8.59. The Kier molecular flexibility index (Phi) is 11.1. The number of thioether (sulfide) groups is 1. The van der Waals surface area contributed by atoms with Crippen molar-refractivity contribution in [3.63, 3.8) is 0 Å². The van der Waals surface area contributed by atoms with E-state index in [0.717, 1.165) is 34.4 Å². The van der Waals surface area contributed by atoms with E-state index in [1.807, 2.05) is 25.1 Å². The van der Waals surface area contributed by atoms with E-state index in [4.69, 9.17) is 14.2 Å². The molecule has 5 nitrogen and oxygen atoms in total. The highest BCUT2D eigenvalue weighted by Crippen LogP contribution is 2.26. The molecule has 36 heavy (non-hydrogen) atoms. The van der Waals surface area contributed by atoms with Gasteiger partial charge in [-0.3, -0.25) is 4.79 Å². The predicted octanol–water partition coefficient (Wildman–Crippen LogP) is 7.70. The summed E-state index contributed by atoms with van der Waals surface area (Å²) in [4.78, 5) is 24.9. The van der Waals surface area contributed by atoms with Crippen LogP contribution < -0.4 is 14.2 Å². The fourth-order valence-corrected chi connectivity index (χ4v) is 4.38. The Bertz CT molecular complexity index is 1130. The molecule has 0 N–H and O–H groups in total. The molecular formula is C30H36O5S. The van der Waals surface area contributed by atoms with Gasteiger partial charge in [-0.2, -0.15) is 11.8 Å². The fraction of sp³-hybridized carbons (Fsp3) is 0.400. The maximum absolute atomic E-state index is 12.6. The van der Waals surface area contributed by atoms with Crippen LogP contribution in [-0.4, -0.2) is 30.1 Å². The van der Waals surface area contributed by atoms with Crippen LogP contribution in [0, 0.1) is 5.92 Å². The summed E-state index contributed by atoms with van der Waals surface area (Å²) >= 11 is 1.72. The van der Waals surface area contributed by atoms with Gasteiger partial charge in [-0.05, 0) is 71.5 Å². The Hall–Kier alpha value is -2.99. The van der Waals surface area contributed by atoms with Crippen molar-refractivity contribution in [3.05, 3.63) is 66.2 Å². The number of benzene rings is 3. The van der Waals surface area contributed by atoms with Crippen LogP contribution in [0.5, 0.6) is 17.2 Å². The molecule has 0 saturated carbocycles. The molecule has 0 fully saturated rings. The highest BCUT2D eigenvalue weighted by atomic mass is 32.2. The van der Waals surface area contributed by atoms with Gasteiger partial charge in [0.15, 0.2) is 0 Å². The third-order valence-electron chi connectivity index (χ3n) is 5.79. The largest absolute Gasteiger partial charge is 0.494 e. The van der Waals surface area contributed by atoms with E-state index in [-0.39, 0.29) is 11.9 Å². The van der Waals surface area contributed by atoms with Crippen LogP contribution in [0.2, 0.25) is 0 Å². The lowest BCUT2D eigenvalue weighted by Gasteiger charge is -2.11. The number of carbonyl (C=O) groups is 2. The molecule has 0 heterocycles. The first-order chi connectivity index (χ1) is 17.5. The molecule has 0 aliphatic rings. The van der Waals surface area contributed by atoms with Crippen molar-refractivity contribution in [3.8, 4) is 17.2 Å². The molecular weight excluding hydrogens is 472 g/mol. The molecule has 6 heteroatoms. The molecule has 0 amide bonds. The van der Waals surface area contributed by atoms with Gasteiger partial charge in [-0.15, -0.1) is 0 Å². The van der Waals surface area contributed by atoms with E-state index in [0.29, 0.717) is 23.7 Å². The first-order valence-electron chi connectivity index (χ1n) is 12.8. The van der Waals surface area contributed by atoms with Crippen molar-refractivity contribution in [2.75, 3.05) is 18.1 Å². The number of hydrogen-bond donors (Lipinski definition) is 0. The molecule has 3 rings (SSSR count). The summed E-state index contributed by atoms with van der Waals surface area (Å²) < 4.78 is 16.9. The Labute approximate surface area is 218 Å². The van der Waals surface area contributed by atoms with E-state index in [2.05, 4.69) is 13.8 Å². The van der Waals surface area contributed by atoms with Crippen molar-refractivity contribution in [1.82, 2.24) is 0 Å². The number of carbonyl (C=O) groups excluding carboxylic acids is 2. The SMILES string of the molecule is CCCCCCCOc1ccc(C(=O)Oc2ccc3cc(OC(=O)[C@@H](C)CSCC)ccc3c2)cc1. The highest BCUT2D eigenvalue weighted by Gasteiger charge is 2.15. The zero-order valence-electron chi connectivity index (χ0n) is 21.5. The summed E-state index contributed by atoms with van der Waals surface area (Å²) in [6.45, 7) is 6.83. The van der Waals surface area contributed by atoms with Gasteiger partial charge in [-0.1, -0.05) is 58.6 Å². The lowest BCUT2D eigenvalue weighted by Crippen LogP contribution is -2.19. The lowest BCUT2D eigenvalue weighted by molar-refractivity contribution is -0.137. The number of rotatable bonds is 14. The summed E-state index contributed by atoms with van der Waals surface area (Å²) in [5, 5.41) is 1.78. The molecule has 0 saturated heterocycles. The molecule has 0 aliphatic carbocycles. The van der Waals surface area contributed by atoms with Crippen LogP contribution in [0.3, 0.4) is 0 Å². The Balaban J connectivity index is 1.54. The minimum atomic E-state index is -0.426. The van der Waals surface area contributed by atoms with Gasteiger partial charge in [0.2, 0.25) is 0 Å². The van der Waals surface area contributed by atoms with Gasteiger partial charge < -0.3 is 14.2 Å². The molecule has 1 atom stereocenters. The highest BCUT2D eigenvalue weighted by molar-refractivity contribution is 7.99. The second-order valence-corrected chi connectivity index (χ2v) is 10.1. The van der Waals surface area contributed by atoms with Crippen LogP contribution in [0.1, 0.15) is 63.2 Å². The first-order valence-corrected chi connectivity index (χ1v) is 13.9. The number of hydrogen-bond acceptors (Lipinski definition) is 6. The van der Waals surface area contributed by atoms with Crippen molar-refractivity contribution in [2.45, 2.75) is 52.9 Å². The van der Waals surface area contributed by atoms with E-state index >= 15 is 0 Å². The molecule has 192 valence electrons. The summed E-state index contributed by atoms with van der Waals surface area (Å²) in [6.07, 6.45) is 5.95. The standard InChI is InChI=1S/C30H36O5S/c1-4-6-7-8-9-18-33-26-14-10-23(11-15-26)30(32)35-28-17-13-24-19-27(16-12-25(24)20-28)34-29(31)22(3)21-36-5-2/h10-17,19-20,22H,4-9,18,21H2,1-3H3/t22-/m0/s1. The second kappa shape index (κ2) is 14.5. The average Bonchev–Trinajstić information content (AvgIpc) is 2.89. The summed E-state index contributed by atoms with van der Waals surface area (Å²) in [5.41, 5.74) is 0.461. The smallest absolute Gasteiger partial charge is 0.343 e. The zero-order valence-corrected chi connectivity index (χ0v) is 22.3. The van der Waals surface area contributed by atoms with Crippen LogP contribution in [0.25, 0.3) is 10.8 Å². The van der Waals surface area contributed by atoms with Gasteiger partial charge in [0.1, 0.15) is 17.2 Å². The van der Waals surface area contributed by atoms with Gasteiger partial charge in [0.05, 0.1) is 18.1 Å². The van der Waals surface area contributed by atoms with Gasteiger partial charge >= 0.3 is 11.9 Å². The third-order valence-corrected chi connectivity index (χ3v) is 6.94. The first kappa shape index (κ1) is 27.6. The van der Waals surface area contributed by atoms with Crippen LogP contribution in [-0.2, 0) is 4.79 Å². The van der Waals surface area contributed by atoms with E-state index < -0.39 is 5.97 Å². The van der Waals surface area contributed by atoms with Crippen LogP contribution in [0.15, 0.2) is 60.7 Å². The van der Waals surface area contributed by atoms with Crippen molar-refractivity contribution in [1.29, 1.82) is 0 Å². The Morgan fingerprint density at radius 3 is 2.03 bits per heavy atom. The predicted molar refractivity (Wildman–Crippen MR) is 147 cm³/mol. The molecule has 0 radical (unpaired) electrons. The van der Waals surface area contributed by atoms with Crippen molar-refractivity contribution in [2.24, 2.45) is 5.92 Å². The summed E-state index contributed by atoms with van der Waals surface area (Å²) in [6, 6.07) is 17.9.